The van der Waals surface area contributed by atoms with E-state index in [2.05, 4.69) is 40.0 Å². The fourth-order valence-corrected chi connectivity index (χ4v) is 2.32. The zero-order valence-corrected chi connectivity index (χ0v) is 11.1. The van der Waals surface area contributed by atoms with E-state index in [0.29, 0.717) is 0 Å². The Bertz CT molecular complexity index is 277. The first kappa shape index (κ1) is 12.7. The number of rotatable bonds is 7. The molecule has 0 unspecified atom stereocenters. The van der Waals surface area contributed by atoms with Gasteiger partial charge in [-0.1, -0.05) is 4.49 Å². The first-order valence-corrected chi connectivity index (χ1v) is 7.17. The topological polar surface area (TPSA) is 41.1 Å². The van der Waals surface area contributed by atoms with E-state index in [-0.39, 0.29) is 0 Å². The van der Waals surface area contributed by atoms with Crippen molar-refractivity contribution in [1.82, 2.24) is 14.5 Å². The molecule has 0 aliphatic heterocycles. The van der Waals surface area contributed by atoms with E-state index in [1.54, 1.807) is 0 Å². The molecule has 0 radical (unpaired) electrons. The molecule has 0 bridgehead atoms. The lowest BCUT2D eigenvalue weighted by Crippen LogP contribution is -2.21. The highest BCUT2D eigenvalue weighted by atomic mass is 32.2. The number of thioether (sulfide) groups is 1. The molecule has 0 atom stereocenters. The van der Waals surface area contributed by atoms with Gasteiger partial charge in [0.1, 0.15) is 10.7 Å². The van der Waals surface area contributed by atoms with E-state index in [1.807, 2.05) is 11.8 Å². The molecule has 6 heteroatoms. The fourth-order valence-electron chi connectivity index (χ4n) is 1.19. The van der Waals surface area contributed by atoms with Crippen LogP contribution < -0.4 is 5.32 Å². The quantitative estimate of drug-likeness (QED) is 0.794. The highest BCUT2D eigenvalue weighted by Gasteiger charge is 2.09. The van der Waals surface area contributed by atoms with Crippen LogP contribution in [0.15, 0.2) is 0 Å². The van der Waals surface area contributed by atoms with Crippen LogP contribution in [0, 0.1) is 0 Å². The van der Waals surface area contributed by atoms with Gasteiger partial charge in [0.15, 0.2) is 0 Å². The summed E-state index contributed by atoms with van der Waals surface area (Å²) in [6.07, 6.45) is 2.13. The zero-order valence-electron chi connectivity index (χ0n) is 9.49. The maximum atomic E-state index is 4.14. The van der Waals surface area contributed by atoms with Gasteiger partial charge in [0.25, 0.3) is 0 Å². The van der Waals surface area contributed by atoms with Gasteiger partial charge in [-0.05, 0) is 20.2 Å². The predicted molar refractivity (Wildman–Crippen MR) is 68.8 cm³/mol. The summed E-state index contributed by atoms with van der Waals surface area (Å²) in [5, 5.41) is 8.52. The van der Waals surface area contributed by atoms with Gasteiger partial charge in [-0.15, -0.1) is 5.10 Å². The third-order valence-electron chi connectivity index (χ3n) is 1.99. The smallest absolute Gasteiger partial charge is 0.134 e. The predicted octanol–water partition coefficient (Wildman–Crippen LogP) is 1.76. The normalized spacial score (nSPS) is 10.9. The molecule has 4 nitrogen and oxygen atoms in total. The molecular formula is C9H18N4S2. The summed E-state index contributed by atoms with van der Waals surface area (Å²) in [6, 6.07) is 0. The van der Waals surface area contributed by atoms with Crippen molar-refractivity contribution in [3.63, 3.8) is 0 Å². The maximum absolute atomic E-state index is 4.14. The second-order valence-corrected chi connectivity index (χ2v) is 5.05. The Hall–Kier alpha value is -0.330. The molecule has 0 aliphatic rings. The molecule has 0 fully saturated rings. The van der Waals surface area contributed by atoms with E-state index >= 15 is 0 Å². The van der Waals surface area contributed by atoms with Crippen molar-refractivity contribution in [2.75, 3.05) is 37.5 Å². The van der Waals surface area contributed by atoms with E-state index in [4.69, 9.17) is 0 Å². The Labute approximate surface area is 99.6 Å². The van der Waals surface area contributed by atoms with Crippen molar-refractivity contribution in [1.29, 1.82) is 0 Å². The Morgan fingerprint density at radius 2 is 2.33 bits per heavy atom. The highest BCUT2D eigenvalue weighted by Crippen LogP contribution is 2.18. The largest absolute Gasteiger partial charge is 0.374 e. The average molecular weight is 246 g/mol. The molecule has 0 spiro atoms. The number of nitrogens with zero attached hydrogens (tertiary/aromatic N) is 3. The van der Waals surface area contributed by atoms with Gasteiger partial charge < -0.3 is 5.32 Å². The van der Waals surface area contributed by atoms with Crippen LogP contribution in [-0.4, -0.2) is 46.6 Å². The van der Waals surface area contributed by atoms with Gasteiger partial charge in [0, 0.05) is 36.9 Å². The van der Waals surface area contributed by atoms with Crippen molar-refractivity contribution < 1.29 is 0 Å². The molecule has 86 valence electrons. The summed E-state index contributed by atoms with van der Waals surface area (Å²) in [6.45, 7) is 4.97. The number of nitrogens with one attached hydrogen (secondary N) is 1. The molecule has 15 heavy (non-hydrogen) atoms. The zero-order chi connectivity index (χ0) is 11.1. The Balaban J connectivity index is 2.44. The first-order valence-electron chi connectivity index (χ1n) is 5.00. The van der Waals surface area contributed by atoms with Crippen LogP contribution in [0.2, 0.25) is 0 Å². The molecule has 0 aromatic carbocycles. The van der Waals surface area contributed by atoms with Crippen LogP contribution >= 0.6 is 23.3 Å². The van der Waals surface area contributed by atoms with Crippen molar-refractivity contribution in [3.05, 3.63) is 5.69 Å². The van der Waals surface area contributed by atoms with Crippen LogP contribution in [0.5, 0.6) is 0 Å². The third-order valence-corrected chi connectivity index (χ3v) is 3.31. The number of anilines is 1. The van der Waals surface area contributed by atoms with E-state index in [0.717, 1.165) is 36.1 Å². The standard InChI is InChI=1S/C9H18N4S2/c1-4-10-9-8(11-12-15-9)7-13(2)5-6-14-3/h10H,4-7H2,1-3H3. The Kier molecular flexibility index (Phi) is 5.97. The second-order valence-electron chi connectivity index (χ2n) is 3.31. The van der Waals surface area contributed by atoms with Crippen LogP contribution in [-0.2, 0) is 6.54 Å². The van der Waals surface area contributed by atoms with Gasteiger partial charge >= 0.3 is 0 Å². The monoisotopic (exact) mass is 246 g/mol. The van der Waals surface area contributed by atoms with Gasteiger partial charge in [-0.2, -0.15) is 11.8 Å². The van der Waals surface area contributed by atoms with Gasteiger partial charge in [-0.3, -0.25) is 4.90 Å². The Morgan fingerprint density at radius 1 is 1.53 bits per heavy atom. The van der Waals surface area contributed by atoms with Crippen LogP contribution in [0.4, 0.5) is 5.00 Å². The molecule has 1 N–H and O–H groups in total. The van der Waals surface area contributed by atoms with Gasteiger partial charge in [0.2, 0.25) is 0 Å². The second kappa shape index (κ2) is 7.03. The average Bonchev–Trinajstić information content (AvgIpc) is 2.63. The summed E-state index contributed by atoms with van der Waals surface area (Å²) in [5.74, 6) is 1.16. The minimum absolute atomic E-state index is 0.874. The summed E-state index contributed by atoms with van der Waals surface area (Å²) in [7, 11) is 2.12. The van der Waals surface area contributed by atoms with Crippen molar-refractivity contribution in [3.8, 4) is 0 Å². The van der Waals surface area contributed by atoms with Crippen LogP contribution in [0.1, 0.15) is 12.6 Å². The van der Waals surface area contributed by atoms with Crippen molar-refractivity contribution >= 4 is 28.3 Å². The molecule has 0 amide bonds. The Morgan fingerprint density at radius 3 is 3.00 bits per heavy atom. The minimum Gasteiger partial charge on any atom is -0.374 e. The summed E-state index contributed by atoms with van der Waals surface area (Å²) in [4.78, 5) is 2.27. The van der Waals surface area contributed by atoms with E-state index in [9.17, 15) is 0 Å². The van der Waals surface area contributed by atoms with Crippen LogP contribution in [0.3, 0.4) is 0 Å². The highest BCUT2D eigenvalue weighted by molar-refractivity contribution is 7.98. The van der Waals surface area contributed by atoms with Gasteiger partial charge in [0.05, 0.1) is 0 Å². The first-order chi connectivity index (χ1) is 7.27. The molecule has 1 aromatic heterocycles. The number of hydrogen-bond donors (Lipinski definition) is 1. The summed E-state index contributed by atoms with van der Waals surface area (Å²) < 4.78 is 3.97. The maximum Gasteiger partial charge on any atom is 0.134 e. The van der Waals surface area contributed by atoms with Crippen molar-refractivity contribution in [2.45, 2.75) is 13.5 Å². The molecule has 1 aromatic rings. The summed E-state index contributed by atoms with van der Waals surface area (Å²) in [5.41, 5.74) is 1.06. The van der Waals surface area contributed by atoms with Crippen molar-refractivity contribution in [2.24, 2.45) is 0 Å². The molecule has 1 heterocycles. The SMILES string of the molecule is CCNc1snnc1CN(C)CCSC. The molecule has 0 saturated carbocycles. The molecule has 0 saturated heterocycles. The lowest BCUT2D eigenvalue weighted by atomic mass is 10.4. The lowest BCUT2D eigenvalue weighted by Gasteiger charge is -2.14. The summed E-state index contributed by atoms with van der Waals surface area (Å²) >= 11 is 3.30. The lowest BCUT2D eigenvalue weighted by molar-refractivity contribution is 0.344. The third kappa shape index (κ3) is 4.36. The van der Waals surface area contributed by atoms with Gasteiger partial charge in [-0.25, -0.2) is 0 Å². The van der Waals surface area contributed by atoms with Crippen LogP contribution in [0.25, 0.3) is 0 Å². The van der Waals surface area contributed by atoms with E-state index < -0.39 is 0 Å². The number of aromatic nitrogens is 2. The number of hydrogen-bond acceptors (Lipinski definition) is 6. The minimum atomic E-state index is 0.874. The molecule has 1 rings (SSSR count). The molecule has 0 aliphatic carbocycles. The fraction of sp³-hybridized carbons (Fsp3) is 0.778. The van der Waals surface area contributed by atoms with E-state index in [1.165, 1.54) is 11.5 Å². The molecular weight excluding hydrogens is 228 g/mol.